The van der Waals surface area contributed by atoms with Crippen molar-refractivity contribution in [2.45, 2.75) is 5.60 Å². The highest BCUT2D eigenvalue weighted by molar-refractivity contribution is 9.15. The van der Waals surface area contributed by atoms with E-state index in [-0.39, 0.29) is 11.5 Å². The Kier molecular flexibility index (Phi) is 5.10. The molecule has 1 aliphatic rings. The average Bonchev–Trinajstić information content (AvgIpc) is 3.00. The highest BCUT2D eigenvalue weighted by atomic mass is 79.9. The van der Waals surface area contributed by atoms with Gasteiger partial charge in [0.1, 0.15) is 0 Å². The molecule has 0 spiro atoms. The highest BCUT2D eigenvalue weighted by Gasteiger charge is 2.51. The molecule has 0 aromatic heterocycles. The third-order valence-electron chi connectivity index (χ3n) is 4.59. The molecule has 4 nitrogen and oxygen atoms in total. The van der Waals surface area contributed by atoms with Crippen LogP contribution in [0.25, 0.3) is 0 Å². The average molecular weight is 632 g/mol. The Balaban J connectivity index is 2.15. The number of carbonyl (C=O) groups excluding carboxylic acids is 1. The Hall–Kier alpha value is -1.35. The fraction of sp³-hybridized carbons (Fsp3) is 0.0500. The van der Waals surface area contributed by atoms with Crippen LogP contribution in [0.5, 0.6) is 11.5 Å². The topological polar surface area (TPSA) is 72.4 Å². The molecule has 3 aromatic rings. The normalized spacial score (nSPS) is 14.6. The summed E-state index contributed by atoms with van der Waals surface area (Å²) in [5.74, 6) is -0.834. The first-order chi connectivity index (χ1) is 13.3. The molecule has 0 bridgehead atoms. The van der Waals surface area contributed by atoms with E-state index in [0.717, 1.165) is 0 Å². The zero-order valence-corrected chi connectivity index (χ0v) is 20.1. The van der Waals surface area contributed by atoms with E-state index in [0.29, 0.717) is 40.1 Å². The van der Waals surface area contributed by atoms with Crippen LogP contribution in [0.1, 0.15) is 27.0 Å². The van der Waals surface area contributed by atoms with Crippen molar-refractivity contribution >= 4 is 69.7 Å². The predicted octanol–water partition coefficient (Wildman–Crippen LogP) is 5.35. The van der Waals surface area contributed by atoms with E-state index in [9.17, 15) is 15.0 Å². The molecular formula is C20H8Br4O4-2. The minimum absolute atomic E-state index is 0.157. The molecule has 0 saturated carbocycles. The van der Waals surface area contributed by atoms with Gasteiger partial charge in [0.25, 0.3) is 0 Å². The van der Waals surface area contributed by atoms with Gasteiger partial charge in [0.05, 0.1) is 5.56 Å². The van der Waals surface area contributed by atoms with Crippen LogP contribution in [0.4, 0.5) is 0 Å². The first kappa shape index (κ1) is 19.9. The van der Waals surface area contributed by atoms with E-state index in [1.165, 1.54) is 24.3 Å². The zero-order chi connectivity index (χ0) is 20.2. The van der Waals surface area contributed by atoms with Crippen molar-refractivity contribution in [3.8, 4) is 11.5 Å². The number of hydrogen-bond donors (Lipinski definition) is 0. The van der Waals surface area contributed by atoms with Crippen molar-refractivity contribution in [2.75, 3.05) is 0 Å². The minimum Gasteiger partial charge on any atom is -0.872 e. The smallest absolute Gasteiger partial charge is 0.341 e. The summed E-state index contributed by atoms with van der Waals surface area (Å²) in [4.78, 5) is 13.0. The lowest BCUT2D eigenvalue weighted by Gasteiger charge is -2.32. The number of hydrogen-bond acceptors (Lipinski definition) is 4. The number of benzene rings is 3. The molecule has 0 aliphatic carbocycles. The summed E-state index contributed by atoms with van der Waals surface area (Å²) in [6.07, 6.45) is 0. The standard InChI is InChI=1S/C20H10Br4O4/c21-15-13-14(16(22)18(24)17(15)23)20(28-19(13)27,9-1-5-11(25)6-2-9)10-3-7-12(26)8-4-10/h1-8,25-26H/p-2. The van der Waals surface area contributed by atoms with Gasteiger partial charge in [0.15, 0.2) is 5.60 Å². The molecule has 0 fully saturated rings. The first-order valence-electron chi connectivity index (χ1n) is 7.92. The molecule has 0 radical (unpaired) electrons. The molecular weight excluding hydrogens is 624 g/mol. The van der Waals surface area contributed by atoms with E-state index >= 15 is 0 Å². The molecule has 3 aromatic carbocycles. The summed E-state index contributed by atoms with van der Waals surface area (Å²) >= 11 is 14.1. The molecule has 142 valence electrons. The number of cyclic esters (lactones) is 1. The van der Waals surface area contributed by atoms with E-state index in [1.54, 1.807) is 24.3 Å². The lowest BCUT2D eigenvalue weighted by Crippen LogP contribution is -2.30. The van der Waals surface area contributed by atoms with Crippen LogP contribution >= 0.6 is 63.7 Å². The van der Waals surface area contributed by atoms with Crippen LogP contribution in [0.15, 0.2) is 66.4 Å². The van der Waals surface area contributed by atoms with Crippen LogP contribution in [-0.4, -0.2) is 5.97 Å². The van der Waals surface area contributed by atoms with Gasteiger partial charge in [-0.15, -0.1) is 11.5 Å². The number of halogens is 4. The van der Waals surface area contributed by atoms with E-state index in [2.05, 4.69) is 63.7 Å². The summed E-state index contributed by atoms with van der Waals surface area (Å²) in [5.41, 5.74) is 0.814. The molecule has 1 aliphatic heterocycles. The van der Waals surface area contributed by atoms with E-state index in [1.807, 2.05) is 0 Å². The van der Waals surface area contributed by atoms with E-state index in [4.69, 9.17) is 4.74 Å². The lowest BCUT2D eigenvalue weighted by atomic mass is 9.80. The third kappa shape index (κ3) is 2.84. The quantitative estimate of drug-likeness (QED) is 0.217. The number of esters is 1. The van der Waals surface area contributed by atoms with Crippen molar-refractivity contribution in [1.82, 2.24) is 0 Å². The van der Waals surface area contributed by atoms with Gasteiger partial charge in [0, 0.05) is 34.6 Å². The van der Waals surface area contributed by atoms with Crippen LogP contribution in [0, 0.1) is 0 Å². The predicted molar refractivity (Wildman–Crippen MR) is 114 cm³/mol. The molecule has 0 N–H and O–H groups in total. The summed E-state index contributed by atoms with van der Waals surface area (Å²) in [7, 11) is 0. The monoisotopic (exact) mass is 628 g/mol. The molecule has 0 atom stereocenters. The summed E-state index contributed by atoms with van der Waals surface area (Å²) in [6, 6.07) is 12.2. The first-order valence-corrected chi connectivity index (χ1v) is 11.1. The zero-order valence-electron chi connectivity index (χ0n) is 13.8. The molecule has 4 rings (SSSR count). The van der Waals surface area contributed by atoms with E-state index < -0.39 is 11.6 Å². The number of ether oxygens (including phenoxy) is 1. The number of fused-ring (bicyclic) bond motifs is 1. The SMILES string of the molecule is O=C1OC(c2ccc([O-])cc2)(c2ccc([O-])cc2)c2c(Br)c(Br)c(Br)c(Br)c21. The third-order valence-corrected chi connectivity index (χ3v) is 9.36. The Bertz CT molecular complexity index is 1060. The van der Waals surface area contributed by atoms with Gasteiger partial charge in [-0.3, -0.25) is 0 Å². The fourth-order valence-electron chi connectivity index (χ4n) is 3.35. The second kappa shape index (κ2) is 7.16. The largest absolute Gasteiger partial charge is 0.872 e. The van der Waals surface area contributed by atoms with Gasteiger partial charge in [-0.1, -0.05) is 48.5 Å². The summed E-state index contributed by atoms with van der Waals surface area (Å²) in [5, 5.41) is 23.3. The number of carbonyl (C=O) groups is 1. The molecule has 8 heteroatoms. The van der Waals surface area contributed by atoms with Gasteiger partial charge < -0.3 is 14.9 Å². The maximum Gasteiger partial charge on any atom is 0.341 e. The van der Waals surface area contributed by atoms with Gasteiger partial charge >= 0.3 is 5.97 Å². The highest BCUT2D eigenvalue weighted by Crippen LogP contribution is 2.55. The van der Waals surface area contributed by atoms with Gasteiger partial charge in [-0.05, 0) is 63.7 Å². The van der Waals surface area contributed by atoms with Crippen molar-refractivity contribution in [3.05, 3.63) is 88.7 Å². The maximum absolute atomic E-state index is 13.0. The lowest BCUT2D eigenvalue weighted by molar-refractivity contribution is -0.268. The second-order valence-corrected chi connectivity index (χ2v) is 9.30. The Morgan fingerprint density at radius 2 is 1.11 bits per heavy atom. The van der Waals surface area contributed by atoms with Crippen molar-refractivity contribution in [2.24, 2.45) is 0 Å². The van der Waals surface area contributed by atoms with Gasteiger partial charge in [0.2, 0.25) is 0 Å². The molecule has 1 heterocycles. The maximum atomic E-state index is 13.0. The van der Waals surface area contributed by atoms with Crippen molar-refractivity contribution in [3.63, 3.8) is 0 Å². The minimum atomic E-state index is -1.32. The Labute approximate surface area is 194 Å². The second-order valence-electron chi connectivity index (χ2n) is 6.13. The summed E-state index contributed by atoms with van der Waals surface area (Å²) in [6.45, 7) is 0. The summed E-state index contributed by atoms with van der Waals surface area (Å²) < 4.78 is 8.53. The molecule has 0 amide bonds. The Morgan fingerprint density at radius 3 is 1.57 bits per heavy atom. The van der Waals surface area contributed by atoms with Crippen LogP contribution in [0.2, 0.25) is 0 Å². The molecule has 0 unspecified atom stereocenters. The molecule has 0 saturated heterocycles. The van der Waals surface area contributed by atoms with Gasteiger partial charge in [-0.2, -0.15) is 0 Å². The molecule has 28 heavy (non-hydrogen) atoms. The van der Waals surface area contributed by atoms with Crippen molar-refractivity contribution in [1.29, 1.82) is 0 Å². The number of rotatable bonds is 2. The van der Waals surface area contributed by atoms with Crippen LogP contribution < -0.4 is 10.2 Å². The Morgan fingerprint density at radius 1 is 0.679 bits per heavy atom. The van der Waals surface area contributed by atoms with Crippen LogP contribution in [-0.2, 0) is 10.3 Å². The van der Waals surface area contributed by atoms with Crippen LogP contribution in [0.3, 0.4) is 0 Å². The van der Waals surface area contributed by atoms with Crippen molar-refractivity contribution < 1.29 is 19.7 Å². The van der Waals surface area contributed by atoms with Gasteiger partial charge in [-0.25, -0.2) is 4.79 Å². The fourth-order valence-corrected chi connectivity index (χ4v) is 5.91.